The Morgan fingerprint density at radius 2 is 0.778 bits per heavy atom. The first-order valence-corrected chi connectivity index (χ1v) is 12.3. The van der Waals surface area contributed by atoms with Crippen molar-refractivity contribution in [1.82, 2.24) is 4.90 Å². The van der Waals surface area contributed by atoms with Crippen LogP contribution < -0.4 is 0 Å². The quantitative estimate of drug-likeness (QED) is 0.169. The maximum atomic E-state index is 4.60. The van der Waals surface area contributed by atoms with Gasteiger partial charge in [0.05, 0.1) is 0 Å². The molecule has 0 amide bonds. The highest BCUT2D eigenvalue weighted by Gasteiger charge is 1.99. The van der Waals surface area contributed by atoms with Crippen LogP contribution in [0.2, 0.25) is 0 Å². The molecule has 0 heterocycles. The van der Waals surface area contributed by atoms with E-state index in [9.17, 15) is 0 Å². The molecule has 1 heteroatoms. The molecule has 0 spiro atoms. The molecule has 0 saturated heterocycles. The molecule has 0 radical (unpaired) electrons. The zero-order valence-electron chi connectivity index (χ0n) is 20.3. The number of hydrogen-bond acceptors (Lipinski definition) is 1. The molecule has 1 nitrogen and oxygen atoms in total. The second kappa shape index (κ2) is 33.1. The van der Waals surface area contributed by atoms with Gasteiger partial charge < -0.3 is 4.90 Å². The van der Waals surface area contributed by atoms with E-state index in [0.717, 1.165) is 0 Å². The van der Waals surface area contributed by atoms with Crippen molar-refractivity contribution in [2.24, 2.45) is 0 Å². The van der Waals surface area contributed by atoms with E-state index in [2.05, 4.69) is 38.1 Å². The minimum Gasteiger partial charge on any atom is -0.306 e. The van der Waals surface area contributed by atoms with Crippen molar-refractivity contribution in [3.63, 3.8) is 0 Å². The third-order valence-electron chi connectivity index (χ3n) is 4.79. The Labute approximate surface area is 175 Å². The van der Waals surface area contributed by atoms with E-state index in [1.54, 1.807) is 6.92 Å². The van der Waals surface area contributed by atoms with Crippen LogP contribution in [0.15, 0.2) is 0 Å². The van der Waals surface area contributed by atoms with Crippen LogP contribution in [0.3, 0.4) is 0 Å². The van der Waals surface area contributed by atoms with Gasteiger partial charge in [-0.2, -0.15) is 0 Å². The van der Waals surface area contributed by atoms with Crippen molar-refractivity contribution in [1.29, 1.82) is 0 Å². The number of rotatable bonds is 18. The summed E-state index contributed by atoms with van der Waals surface area (Å²) in [4.78, 5) is 2.55. The van der Waals surface area contributed by atoms with Crippen LogP contribution in [0.5, 0.6) is 0 Å². The van der Waals surface area contributed by atoms with Gasteiger partial charge in [-0.3, -0.25) is 0 Å². The van der Waals surface area contributed by atoms with E-state index < -0.39 is 0 Å². The highest BCUT2D eigenvalue weighted by atomic mass is 15.1. The Morgan fingerprint density at radius 1 is 0.556 bits per heavy atom. The topological polar surface area (TPSA) is 3.24 Å². The van der Waals surface area contributed by atoms with Crippen LogP contribution in [0.25, 0.3) is 0 Å². The lowest BCUT2D eigenvalue weighted by Crippen LogP contribution is -2.20. The molecule has 0 aromatic heterocycles. The third-order valence-corrected chi connectivity index (χ3v) is 4.79. The van der Waals surface area contributed by atoms with Crippen LogP contribution in [-0.4, -0.2) is 25.0 Å². The molecule has 0 aromatic rings. The van der Waals surface area contributed by atoms with Gasteiger partial charge in [-0.05, 0) is 39.9 Å². The Bertz CT molecular complexity index is 233. The van der Waals surface area contributed by atoms with E-state index in [1.807, 2.05) is 13.8 Å². The molecule has 164 valence electrons. The molecular formula is C26H55N. The summed E-state index contributed by atoms with van der Waals surface area (Å²) in [5.41, 5.74) is 0. The van der Waals surface area contributed by atoms with Gasteiger partial charge in [0.2, 0.25) is 0 Å². The molecule has 0 bridgehead atoms. The average molecular weight is 382 g/mol. The monoisotopic (exact) mass is 381 g/mol. The maximum Gasteiger partial charge on any atom is -0.00218 e. The van der Waals surface area contributed by atoms with E-state index in [4.69, 9.17) is 0 Å². The third kappa shape index (κ3) is 37.1. The van der Waals surface area contributed by atoms with E-state index in [0.29, 0.717) is 0 Å². The Balaban J connectivity index is -0.00000104. The summed E-state index contributed by atoms with van der Waals surface area (Å²) in [7, 11) is 2.31. The van der Waals surface area contributed by atoms with Gasteiger partial charge in [-0.25, -0.2) is 0 Å². The highest BCUT2D eigenvalue weighted by Crippen LogP contribution is 2.10. The van der Waals surface area contributed by atoms with Crippen molar-refractivity contribution >= 4 is 0 Å². The van der Waals surface area contributed by atoms with Gasteiger partial charge in [-0.1, -0.05) is 118 Å². The van der Waals surface area contributed by atoms with Crippen LogP contribution >= 0.6 is 0 Å². The fourth-order valence-electron chi connectivity index (χ4n) is 3.14. The molecule has 0 aromatic carbocycles. The Hall–Kier alpha value is -0.480. The molecule has 0 N–H and O–H groups in total. The number of nitrogens with zero attached hydrogens (tertiary/aromatic N) is 1. The molecule has 0 aliphatic rings. The zero-order valence-corrected chi connectivity index (χ0v) is 20.3. The fraction of sp³-hybridized carbons (Fsp3) is 0.923. The van der Waals surface area contributed by atoms with Gasteiger partial charge in [0.1, 0.15) is 0 Å². The molecule has 0 aliphatic carbocycles. The van der Waals surface area contributed by atoms with Crippen molar-refractivity contribution in [3.8, 4) is 12.3 Å². The number of hydrogen-bond donors (Lipinski definition) is 0. The van der Waals surface area contributed by atoms with Gasteiger partial charge >= 0.3 is 0 Å². The summed E-state index contributed by atoms with van der Waals surface area (Å²) in [6, 6.07) is 0. The van der Waals surface area contributed by atoms with Crippen molar-refractivity contribution in [2.45, 2.75) is 137 Å². The molecule has 0 saturated carbocycles. The predicted molar refractivity (Wildman–Crippen MR) is 129 cm³/mol. The van der Waals surface area contributed by atoms with E-state index in [-0.39, 0.29) is 0 Å². The largest absolute Gasteiger partial charge is 0.306 e. The summed E-state index contributed by atoms with van der Waals surface area (Å²) in [6.45, 7) is 12.9. The zero-order chi connectivity index (χ0) is 21.0. The molecule has 0 aliphatic heterocycles. The van der Waals surface area contributed by atoms with Crippen LogP contribution in [0.4, 0.5) is 0 Å². The van der Waals surface area contributed by atoms with Crippen LogP contribution in [0, 0.1) is 12.3 Å². The highest BCUT2D eigenvalue weighted by molar-refractivity contribution is 4.73. The fourth-order valence-corrected chi connectivity index (χ4v) is 3.14. The lowest BCUT2D eigenvalue weighted by atomic mass is 10.1. The number of unbranched alkanes of at least 4 members (excludes halogenated alkanes) is 14. The summed E-state index contributed by atoms with van der Waals surface area (Å²) in [6.07, 6.45) is 27.5. The molecule has 27 heavy (non-hydrogen) atoms. The van der Waals surface area contributed by atoms with E-state index in [1.165, 1.54) is 116 Å². The van der Waals surface area contributed by atoms with Gasteiger partial charge in [0, 0.05) is 0 Å². The lowest BCUT2D eigenvalue weighted by molar-refractivity contribution is 0.314. The molecule has 0 atom stereocenters. The van der Waals surface area contributed by atoms with E-state index >= 15 is 0 Å². The maximum absolute atomic E-state index is 4.60. The average Bonchev–Trinajstić information content (AvgIpc) is 2.68. The van der Waals surface area contributed by atoms with Gasteiger partial charge in [0.15, 0.2) is 0 Å². The molecule has 0 rings (SSSR count). The van der Waals surface area contributed by atoms with Gasteiger partial charge in [0.25, 0.3) is 0 Å². The summed E-state index contributed by atoms with van der Waals surface area (Å²) >= 11 is 0. The second-order valence-corrected chi connectivity index (χ2v) is 7.54. The first kappa shape index (κ1) is 31.2. The normalized spacial score (nSPS) is 9.85. The lowest BCUT2D eigenvalue weighted by Gasteiger charge is -2.16. The molecule has 0 fully saturated rings. The smallest absolute Gasteiger partial charge is 0.00218 e. The van der Waals surface area contributed by atoms with Crippen molar-refractivity contribution < 1.29 is 0 Å². The minimum absolute atomic E-state index is 1.31. The summed E-state index contributed by atoms with van der Waals surface area (Å²) in [5, 5.41) is 0. The second-order valence-electron chi connectivity index (χ2n) is 7.54. The van der Waals surface area contributed by atoms with Crippen molar-refractivity contribution in [3.05, 3.63) is 0 Å². The first-order chi connectivity index (χ1) is 13.2. The van der Waals surface area contributed by atoms with Crippen LogP contribution in [-0.2, 0) is 0 Å². The molecule has 0 unspecified atom stereocenters. The minimum atomic E-state index is 1.31. The number of terminal acetylenes is 1. The van der Waals surface area contributed by atoms with Gasteiger partial charge in [-0.15, -0.1) is 12.3 Å². The van der Waals surface area contributed by atoms with Crippen LogP contribution in [0.1, 0.15) is 137 Å². The summed E-state index contributed by atoms with van der Waals surface area (Å²) in [5.74, 6) is 2.25. The SMILES string of the molecule is C#CC.CC.CCCCCCCCCCN(C)CCCCCCCCCC. The van der Waals surface area contributed by atoms with Crippen molar-refractivity contribution in [2.75, 3.05) is 20.1 Å². The first-order valence-electron chi connectivity index (χ1n) is 12.3. The molecular weight excluding hydrogens is 326 g/mol. The Kier molecular flexibility index (Phi) is 38.3. The predicted octanol–water partition coefficient (Wildman–Crippen LogP) is 8.87. The Morgan fingerprint density at radius 3 is 1.04 bits per heavy atom. The summed E-state index contributed by atoms with van der Waals surface area (Å²) < 4.78 is 0. The standard InChI is InChI=1S/C21H45N.C3H4.C2H6/c1-4-6-8-10-12-14-16-18-20-22(3)21-19-17-15-13-11-9-7-5-2;1-3-2;1-2/h4-21H2,1-3H3;1H,2H3;1-2H3.